The van der Waals surface area contributed by atoms with Gasteiger partial charge in [-0.05, 0) is 31.5 Å². The molecule has 0 atom stereocenters. The van der Waals surface area contributed by atoms with Gasteiger partial charge in [0.25, 0.3) is 5.91 Å². The Bertz CT molecular complexity index is 639. The SMILES string of the molecule is CCOC(=O)c1nnc(C(=O)Nc2cccc(C)c2)s1. The number of nitrogens with zero attached hydrogens (tertiary/aromatic N) is 2. The fourth-order valence-electron chi connectivity index (χ4n) is 1.50. The lowest BCUT2D eigenvalue weighted by Gasteiger charge is -2.02. The zero-order valence-corrected chi connectivity index (χ0v) is 11.9. The molecule has 1 heterocycles. The molecule has 6 nitrogen and oxygen atoms in total. The van der Waals surface area contributed by atoms with Gasteiger partial charge in [0, 0.05) is 5.69 Å². The van der Waals surface area contributed by atoms with Gasteiger partial charge in [-0.3, -0.25) is 4.79 Å². The van der Waals surface area contributed by atoms with E-state index in [-0.39, 0.29) is 16.6 Å². The van der Waals surface area contributed by atoms with Crippen LogP contribution in [0.4, 0.5) is 5.69 Å². The Morgan fingerprint density at radius 2 is 2.05 bits per heavy atom. The quantitative estimate of drug-likeness (QED) is 0.874. The Balaban J connectivity index is 2.08. The molecule has 1 amide bonds. The smallest absolute Gasteiger partial charge is 0.369 e. The third kappa shape index (κ3) is 3.39. The van der Waals surface area contributed by atoms with Gasteiger partial charge >= 0.3 is 5.97 Å². The van der Waals surface area contributed by atoms with E-state index in [1.54, 1.807) is 13.0 Å². The lowest BCUT2D eigenvalue weighted by molar-refractivity contribution is 0.0525. The molecule has 104 valence electrons. The predicted octanol–water partition coefficient (Wildman–Crippen LogP) is 2.28. The van der Waals surface area contributed by atoms with Gasteiger partial charge in [0.2, 0.25) is 10.0 Å². The lowest BCUT2D eigenvalue weighted by Crippen LogP contribution is -2.11. The van der Waals surface area contributed by atoms with Crippen molar-refractivity contribution in [1.82, 2.24) is 10.2 Å². The molecular formula is C13H13N3O3S. The molecule has 20 heavy (non-hydrogen) atoms. The molecule has 0 saturated carbocycles. The fraction of sp³-hybridized carbons (Fsp3) is 0.231. The molecule has 0 bridgehead atoms. The largest absolute Gasteiger partial charge is 0.461 e. The summed E-state index contributed by atoms with van der Waals surface area (Å²) in [6, 6.07) is 7.39. The third-order valence-corrected chi connectivity index (χ3v) is 3.25. The summed E-state index contributed by atoms with van der Waals surface area (Å²) in [6.07, 6.45) is 0. The summed E-state index contributed by atoms with van der Waals surface area (Å²) in [5.41, 5.74) is 1.70. The van der Waals surface area contributed by atoms with Crippen LogP contribution in [0.2, 0.25) is 0 Å². The molecule has 0 spiro atoms. The van der Waals surface area contributed by atoms with Crippen LogP contribution in [-0.2, 0) is 4.74 Å². The highest BCUT2D eigenvalue weighted by Gasteiger charge is 2.18. The lowest BCUT2D eigenvalue weighted by atomic mass is 10.2. The molecule has 1 N–H and O–H groups in total. The first-order valence-electron chi connectivity index (χ1n) is 5.98. The van der Waals surface area contributed by atoms with Gasteiger partial charge in [0.05, 0.1) is 6.61 Å². The van der Waals surface area contributed by atoms with Crippen molar-refractivity contribution in [2.75, 3.05) is 11.9 Å². The molecule has 1 aromatic carbocycles. The van der Waals surface area contributed by atoms with E-state index in [9.17, 15) is 9.59 Å². The van der Waals surface area contributed by atoms with Gasteiger partial charge in [-0.25, -0.2) is 4.79 Å². The first-order chi connectivity index (χ1) is 9.60. The normalized spacial score (nSPS) is 10.1. The summed E-state index contributed by atoms with van der Waals surface area (Å²) < 4.78 is 4.79. The highest BCUT2D eigenvalue weighted by Crippen LogP contribution is 2.15. The average Bonchev–Trinajstić information content (AvgIpc) is 2.88. The molecular weight excluding hydrogens is 278 g/mol. The van der Waals surface area contributed by atoms with Crippen molar-refractivity contribution in [3.63, 3.8) is 0 Å². The minimum absolute atomic E-state index is 0.0706. The number of carbonyl (C=O) groups is 2. The van der Waals surface area contributed by atoms with Crippen LogP contribution in [0.25, 0.3) is 0 Å². The summed E-state index contributed by atoms with van der Waals surface area (Å²) in [6.45, 7) is 3.88. The van der Waals surface area contributed by atoms with Crippen molar-refractivity contribution >= 4 is 28.9 Å². The summed E-state index contributed by atoms with van der Waals surface area (Å²) in [5, 5.41) is 10.2. The van der Waals surface area contributed by atoms with E-state index >= 15 is 0 Å². The molecule has 7 heteroatoms. The number of rotatable bonds is 4. The van der Waals surface area contributed by atoms with Crippen molar-refractivity contribution in [2.45, 2.75) is 13.8 Å². The second-order valence-corrected chi connectivity index (χ2v) is 4.93. The molecule has 0 unspecified atom stereocenters. The second-order valence-electron chi connectivity index (χ2n) is 3.96. The van der Waals surface area contributed by atoms with Crippen LogP contribution in [-0.4, -0.2) is 28.7 Å². The molecule has 0 aliphatic heterocycles. The molecule has 0 fully saturated rings. The van der Waals surface area contributed by atoms with Gasteiger partial charge < -0.3 is 10.1 Å². The Morgan fingerprint density at radius 1 is 1.30 bits per heavy atom. The van der Waals surface area contributed by atoms with Gasteiger partial charge in [0.1, 0.15) is 0 Å². The van der Waals surface area contributed by atoms with Gasteiger partial charge in [-0.2, -0.15) is 0 Å². The molecule has 0 saturated heterocycles. The van der Waals surface area contributed by atoms with E-state index in [2.05, 4.69) is 15.5 Å². The number of esters is 1. The van der Waals surface area contributed by atoms with E-state index in [0.717, 1.165) is 16.9 Å². The minimum Gasteiger partial charge on any atom is -0.461 e. The van der Waals surface area contributed by atoms with Crippen molar-refractivity contribution in [2.24, 2.45) is 0 Å². The van der Waals surface area contributed by atoms with Crippen LogP contribution in [0.5, 0.6) is 0 Å². The van der Waals surface area contributed by atoms with Crippen LogP contribution in [0, 0.1) is 6.92 Å². The molecule has 0 radical (unpaired) electrons. The standard InChI is InChI=1S/C13H13N3O3S/c1-3-19-13(18)12-16-15-11(20-12)10(17)14-9-6-4-5-8(2)7-9/h4-7H,3H2,1-2H3,(H,14,17). The van der Waals surface area contributed by atoms with Gasteiger partial charge in [0.15, 0.2) is 0 Å². The fourth-order valence-corrected chi connectivity index (χ4v) is 2.13. The second kappa shape index (κ2) is 6.25. The molecule has 1 aromatic heterocycles. The van der Waals surface area contributed by atoms with E-state index in [1.807, 2.05) is 25.1 Å². The van der Waals surface area contributed by atoms with E-state index in [4.69, 9.17) is 4.74 Å². The molecule has 0 aliphatic rings. The maximum Gasteiger partial charge on any atom is 0.369 e. The van der Waals surface area contributed by atoms with Crippen LogP contribution >= 0.6 is 11.3 Å². The van der Waals surface area contributed by atoms with Crippen LogP contribution in [0.1, 0.15) is 32.1 Å². The number of nitrogens with one attached hydrogen (secondary N) is 1. The first-order valence-corrected chi connectivity index (χ1v) is 6.80. The molecule has 2 rings (SSSR count). The summed E-state index contributed by atoms with van der Waals surface area (Å²) in [7, 11) is 0. The summed E-state index contributed by atoms with van der Waals surface area (Å²) in [5.74, 6) is -0.969. The highest BCUT2D eigenvalue weighted by molar-refractivity contribution is 7.15. The number of aromatic nitrogens is 2. The van der Waals surface area contributed by atoms with E-state index in [1.165, 1.54) is 0 Å². The number of carbonyl (C=O) groups excluding carboxylic acids is 2. The number of aryl methyl sites for hydroxylation is 1. The number of amides is 1. The van der Waals surface area contributed by atoms with Crippen molar-refractivity contribution < 1.29 is 14.3 Å². The third-order valence-electron chi connectivity index (χ3n) is 2.35. The number of anilines is 1. The minimum atomic E-state index is -0.570. The molecule has 2 aromatic rings. The Hall–Kier alpha value is -2.28. The zero-order valence-electron chi connectivity index (χ0n) is 11.0. The topological polar surface area (TPSA) is 81.2 Å². The number of hydrogen-bond donors (Lipinski definition) is 1. The number of ether oxygens (including phenoxy) is 1. The van der Waals surface area contributed by atoms with Gasteiger partial charge in [-0.15, -0.1) is 10.2 Å². The summed E-state index contributed by atoms with van der Waals surface area (Å²) >= 11 is 0.904. The maximum absolute atomic E-state index is 12.0. The Kier molecular flexibility index (Phi) is 4.41. The maximum atomic E-state index is 12.0. The first kappa shape index (κ1) is 14.1. The van der Waals surface area contributed by atoms with Crippen LogP contribution in [0.3, 0.4) is 0 Å². The van der Waals surface area contributed by atoms with Gasteiger partial charge in [-0.1, -0.05) is 23.5 Å². The average molecular weight is 291 g/mol. The molecule has 0 aliphatic carbocycles. The summed E-state index contributed by atoms with van der Waals surface area (Å²) in [4.78, 5) is 23.4. The van der Waals surface area contributed by atoms with E-state index in [0.29, 0.717) is 5.69 Å². The predicted molar refractivity (Wildman–Crippen MR) is 75.0 cm³/mol. The van der Waals surface area contributed by atoms with E-state index < -0.39 is 11.9 Å². The highest BCUT2D eigenvalue weighted by atomic mass is 32.1. The number of benzene rings is 1. The monoisotopic (exact) mass is 291 g/mol. The Labute approximate surface area is 119 Å². The Morgan fingerprint density at radius 3 is 2.75 bits per heavy atom. The van der Waals surface area contributed by atoms with Crippen molar-refractivity contribution in [1.29, 1.82) is 0 Å². The van der Waals surface area contributed by atoms with Crippen molar-refractivity contribution in [3.05, 3.63) is 39.8 Å². The zero-order chi connectivity index (χ0) is 14.5. The number of hydrogen-bond acceptors (Lipinski definition) is 6. The van der Waals surface area contributed by atoms with Crippen LogP contribution < -0.4 is 5.32 Å². The van der Waals surface area contributed by atoms with Crippen LogP contribution in [0.15, 0.2) is 24.3 Å². The van der Waals surface area contributed by atoms with Crippen molar-refractivity contribution in [3.8, 4) is 0 Å².